The molecule has 0 aliphatic heterocycles. The smallest absolute Gasteiger partial charge is 0.251 e. The molecule has 1 heterocycles. The molecule has 6 heteroatoms. The molecular formula is C13H14BrN3OS. The number of hydrogen-bond donors (Lipinski definition) is 2. The predicted octanol–water partition coefficient (Wildman–Crippen LogP) is 3.29. The fraction of sp³-hybridized carbons (Fsp3) is 0.231. The van der Waals surface area contributed by atoms with E-state index in [0.29, 0.717) is 11.3 Å². The molecule has 0 saturated carbocycles. The predicted molar refractivity (Wildman–Crippen MR) is 81.3 cm³/mol. The maximum atomic E-state index is 12.1. The number of hydrogen-bond acceptors (Lipinski definition) is 4. The van der Waals surface area contributed by atoms with E-state index >= 15 is 0 Å². The number of aryl methyl sites for hydroxylation is 1. The van der Waals surface area contributed by atoms with Gasteiger partial charge in [-0.1, -0.05) is 0 Å². The highest BCUT2D eigenvalue weighted by atomic mass is 79.9. The molecule has 1 aromatic heterocycles. The second-order valence-corrected chi connectivity index (χ2v) is 6.36. The molecule has 0 bridgehead atoms. The summed E-state index contributed by atoms with van der Waals surface area (Å²) in [6.07, 6.45) is 1.81. The number of amides is 1. The Morgan fingerprint density at radius 2 is 2.26 bits per heavy atom. The van der Waals surface area contributed by atoms with Gasteiger partial charge in [0.15, 0.2) is 0 Å². The van der Waals surface area contributed by atoms with E-state index in [1.807, 2.05) is 20.0 Å². The number of benzene rings is 1. The number of aromatic nitrogens is 1. The minimum atomic E-state index is -0.138. The molecule has 2 aromatic rings. The topological polar surface area (TPSA) is 68.0 Å². The number of rotatable bonds is 3. The highest BCUT2D eigenvalue weighted by molar-refractivity contribution is 9.10. The lowest BCUT2D eigenvalue weighted by Gasteiger charge is -2.11. The van der Waals surface area contributed by atoms with Crippen LogP contribution in [0.5, 0.6) is 0 Å². The average Bonchev–Trinajstić information content (AvgIpc) is 2.79. The molecule has 19 heavy (non-hydrogen) atoms. The standard InChI is InChI=1S/C13H14BrN3OS/c1-7-6-16-13(19-7)8(2)17-12(18)9-3-4-11(15)10(14)5-9/h3-6,8H,15H2,1-2H3,(H,17,18). The van der Waals surface area contributed by atoms with Crippen molar-refractivity contribution < 1.29 is 4.79 Å². The summed E-state index contributed by atoms with van der Waals surface area (Å²) in [5.41, 5.74) is 6.88. The highest BCUT2D eigenvalue weighted by Gasteiger charge is 2.14. The number of carbonyl (C=O) groups excluding carboxylic acids is 1. The van der Waals surface area contributed by atoms with Crippen molar-refractivity contribution in [3.8, 4) is 0 Å². The van der Waals surface area contributed by atoms with Gasteiger partial charge in [0, 0.05) is 26.8 Å². The van der Waals surface area contributed by atoms with Crippen molar-refractivity contribution in [2.45, 2.75) is 19.9 Å². The van der Waals surface area contributed by atoms with Crippen LogP contribution in [0.4, 0.5) is 5.69 Å². The quantitative estimate of drug-likeness (QED) is 0.843. The highest BCUT2D eigenvalue weighted by Crippen LogP contribution is 2.22. The van der Waals surface area contributed by atoms with Crippen LogP contribution in [0.1, 0.15) is 33.2 Å². The molecule has 0 aliphatic rings. The SMILES string of the molecule is Cc1cnc(C(C)NC(=O)c2ccc(N)c(Br)c2)s1. The fourth-order valence-corrected chi connectivity index (χ4v) is 2.74. The molecule has 100 valence electrons. The number of nitrogens with one attached hydrogen (secondary N) is 1. The van der Waals surface area contributed by atoms with Gasteiger partial charge >= 0.3 is 0 Å². The molecule has 1 unspecified atom stereocenters. The number of nitrogens with zero attached hydrogens (tertiary/aromatic N) is 1. The normalized spacial score (nSPS) is 12.2. The van der Waals surface area contributed by atoms with Crippen LogP contribution in [0.25, 0.3) is 0 Å². The molecule has 1 amide bonds. The zero-order valence-electron chi connectivity index (χ0n) is 10.6. The van der Waals surface area contributed by atoms with Crippen LogP contribution in [0, 0.1) is 6.92 Å². The first-order valence-corrected chi connectivity index (χ1v) is 7.36. The van der Waals surface area contributed by atoms with E-state index in [1.165, 1.54) is 0 Å². The first-order chi connectivity index (χ1) is 8.97. The van der Waals surface area contributed by atoms with E-state index in [9.17, 15) is 4.79 Å². The van der Waals surface area contributed by atoms with Crippen LogP contribution in [0.2, 0.25) is 0 Å². The number of nitrogen functional groups attached to an aromatic ring is 1. The molecule has 0 radical (unpaired) electrons. The minimum absolute atomic E-state index is 0.109. The van der Waals surface area contributed by atoms with Gasteiger partial charge < -0.3 is 11.1 Å². The van der Waals surface area contributed by atoms with Crippen LogP contribution in [0.3, 0.4) is 0 Å². The number of nitrogens with two attached hydrogens (primary N) is 1. The van der Waals surface area contributed by atoms with Crippen molar-refractivity contribution in [2.75, 3.05) is 5.73 Å². The second-order valence-electron chi connectivity index (χ2n) is 4.24. The van der Waals surface area contributed by atoms with Gasteiger partial charge in [-0.25, -0.2) is 4.98 Å². The third-order valence-electron chi connectivity index (χ3n) is 2.62. The average molecular weight is 340 g/mol. The monoisotopic (exact) mass is 339 g/mol. The van der Waals surface area contributed by atoms with Crippen LogP contribution in [-0.4, -0.2) is 10.9 Å². The first-order valence-electron chi connectivity index (χ1n) is 5.75. The summed E-state index contributed by atoms with van der Waals surface area (Å²) in [5, 5.41) is 3.82. The Hall–Kier alpha value is -1.40. The molecule has 4 nitrogen and oxygen atoms in total. The van der Waals surface area contributed by atoms with Gasteiger partial charge in [0.05, 0.1) is 6.04 Å². The summed E-state index contributed by atoms with van der Waals surface area (Å²) in [5.74, 6) is -0.138. The van der Waals surface area contributed by atoms with Gasteiger partial charge in [-0.15, -0.1) is 11.3 Å². The Morgan fingerprint density at radius 1 is 1.53 bits per heavy atom. The van der Waals surface area contributed by atoms with E-state index in [-0.39, 0.29) is 11.9 Å². The third kappa shape index (κ3) is 3.33. The number of halogens is 1. The van der Waals surface area contributed by atoms with E-state index in [1.54, 1.807) is 29.5 Å². The van der Waals surface area contributed by atoms with Gasteiger partial charge in [-0.05, 0) is 48.0 Å². The molecule has 0 fully saturated rings. The van der Waals surface area contributed by atoms with Crippen LogP contribution < -0.4 is 11.1 Å². The second kappa shape index (κ2) is 5.71. The van der Waals surface area contributed by atoms with E-state index < -0.39 is 0 Å². The summed E-state index contributed by atoms with van der Waals surface area (Å²) in [6, 6.07) is 5.01. The zero-order chi connectivity index (χ0) is 14.0. The lowest BCUT2D eigenvalue weighted by atomic mass is 10.2. The van der Waals surface area contributed by atoms with Gasteiger partial charge in [0.1, 0.15) is 5.01 Å². The van der Waals surface area contributed by atoms with E-state index in [4.69, 9.17) is 5.73 Å². The lowest BCUT2D eigenvalue weighted by molar-refractivity contribution is 0.0940. The summed E-state index contributed by atoms with van der Waals surface area (Å²) >= 11 is 4.90. The van der Waals surface area contributed by atoms with Crippen LogP contribution >= 0.6 is 27.3 Å². The van der Waals surface area contributed by atoms with Crippen LogP contribution in [-0.2, 0) is 0 Å². The minimum Gasteiger partial charge on any atom is -0.398 e. The molecule has 0 aliphatic carbocycles. The Balaban J connectivity index is 2.10. The molecule has 0 spiro atoms. The van der Waals surface area contributed by atoms with Gasteiger partial charge in [-0.2, -0.15) is 0 Å². The molecular weight excluding hydrogens is 326 g/mol. The lowest BCUT2D eigenvalue weighted by Crippen LogP contribution is -2.26. The van der Waals surface area contributed by atoms with Crippen molar-refractivity contribution >= 4 is 38.9 Å². The van der Waals surface area contributed by atoms with E-state index in [2.05, 4.69) is 26.2 Å². The van der Waals surface area contributed by atoms with Crippen LogP contribution in [0.15, 0.2) is 28.9 Å². The molecule has 3 N–H and O–H groups in total. The van der Waals surface area contributed by atoms with Crippen molar-refractivity contribution in [3.05, 3.63) is 44.3 Å². The fourth-order valence-electron chi connectivity index (χ4n) is 1.58. The molecule has 2 rings (SSSR count). The summed E-state index contributed by atoms with van der Waals surface area (Å²) in [7, 11) is 0. The van der Waals surface area contributed by atoms with Crippen molar-refractivity contribution in [1.29, 1.82) is 0 Å². The Kier molecular flexibility index (Phi) is 4.21. The molecule has 0 saturated heterocycles. The Bertz CT molecular complexity index is 612. The summed E-state index contributed by atoms with van der Waals surface area (Å²) in [6.45, 7) is 3.91. The number of thiazole rings is 1. The van der Waals surface area contributed by atoms with Crippen molar-refractivity contribution in [3.63, 3.8) is 0 Å². The van der Waals surface area contributed by atoms with Gasteiger partial charge in [-0.3, -0.25) is 4.79 Å². The Morgan fingerprint density at radius 3 is 2.84 bits per heavy atom. The zero-order valence-corrected chi connectivity index (χ0v) is 13.0. The number of anilines is 1. The molecule has 1 aromatic carbocycles. The van der Waals surface area contributed by atoms with Crippen molar-refractivity contribution in [2.24, 2.45) is 0 Å². The maximum Gasteiger partial charge on any atom is 0.251 e. The third-order valence-corrected chi connectivity index (χ3v) is 4.40. The van der Waals surface area contributed by atoms with Gasteiger partial charge in [0.25, 0.3) is 5.91 Å². The maximum absolute atomic E-state index is 12.1. The van der Waals surface area contributed by atoms with Crippen molar-refractivity contribution in [1.82, 2.24) is 10.3 Å². The Labute approximate surface area is 124 Å². The summed E-state index contributed by atoms with van der Waals surface area (Å²) < 4.78 is 0.720. The molecule has 1 atom stereocenters. The number of carbonyl (C=O) groups is 1. The summed E-state index contributed by atoms with van der Waals surface area (Å²) in [4.78, 5) is 17.5. The first kappa shape index (κ1) is 14.0. The largest absolute Gasteiger partial charge is 0.398 e. The van der Waals surface area contributed by atoms with E-state index in [0.717, 1.165) is 14.4 Å². The van der Waals surface area contributed by atoms with Gasteiger partial charge in [0.2, 0.25) is 0 Å².